The molecule has 4 aliphatic carbocycles. The van der Waals surface area contributed by atoms with E-state index in [1.807, 2.05) is 12.1 Å². The van der Waals surface area contributed by atoms with E-state index < -0.39 is 0 Å². The van der Waals surface area contributed by atoms with Crippen LogP contribution in [0, 0.1) is 34.5 Å². The average molecular weight is 583 g/mol. The summed E-state index contributed by atoms with van der Waals surface area (Å²) < 4.78 is 13.3. The molecule has 0 aliphatic heterocycles. The number of benzene rings is 1. The quantitative estimate of drug-likeness (QED) is 0.190. The molecule has 4 saturated carbocycles. The monoisotopic (exact) mass is 582 g/mol. The fourth-order valence-corrected chi connectivity index (χ4v) is 10.1. The summed E-state index contributed by atoms with van der Waals surface area (Å²) >= 11 is 0. The maximum atomic E-state index is 11.2. The Bertz CT molecular complexity index is 1060. The van der Waals surface area contributed by atoms with E-state index in [1.165, 1.54) is 38.5 Å². The van der Waals surface area contributed by atoms with Crippen molar-refractivity contribution in [3.63, 3.8) is 0 Å². The summed E-state index contributed by atoms with van der Waals surface area (Å²) in [7, 11) is 0. The van der Waals surface area contributed by atoms with Crippen LogP contribution in [0.5, 0.6) is 11.5 Å². The molecule has 6 atom stereocenters. The van der Waals surface area contributed by atoms with Gasteiger partial charge in [0.1, 0.15) is 11.5 Å². The van der Waals surface area contributed by atoms with Crippen molar-refractivity contribution in [1.82, 2.24) is 0 Å². The topological polar surface area (TPSA) is 58.9 Å². The Hall–Kier alpha value is -1.26. The summed E-state index contributed by atoms with van der Waals surface area (Å²) in [5.41, 5.74) is 1.84. The molecule has 2 N–H and O–H groups in total. The summed E-state index contributed by atoms with van der Waals surface area (Å²) in [6.07, 6.45) is 11.3. The third kappa shape index (κ3) is 5.23. The number of hydrogen-bond acceptors (Lipinski definition) is 4. The van der Waals surface area contributed by atoms with E-state index in [1.54, 1.807) is 0 Å². The molecule has 5 rings (SSSR count). The second-order valence-electron chi connectivity index (χ2n) is 17.7. The van der Waals surface area contributed by atoms with E-state index >= 15 is 0 Å². The zero-order chi connectivity index (χ0) is 30.9. The highest BCUT2D eigenvalue weighted by molar-refractivity contribution is 5.50. The normalized spacial score (nSPS) is 34.9. The lowest BCUT2D eigenvalue weighted by atomic mass is 9.75. The molecule has 4 nitrogen and oxygen atoms in total. The van der Waals surface area contributed by atoms with Gasteiger partial charge in [0.05, 0.1) is 11.2 Å². The molecule has 6 unspecified atom stereocenters. The van der Waals surface area contributed by atoms with Gasteiger partial charge in [-0.05, 0) is 109 Å². The highest BCUT2D eigenvalue weighted by Crippen LogP contribution is 2.72. The number of phenols is 2. The molecule has 4 aliphatic rings. The first kappa shape index (κ1) is 32.1. The van der Waals surface area contributed by atoms with Crippen molar-refractivity contribution in [3.05, 3.63) is 23.3 Å². The van der Waals surface area contributed by atoms with Gasteiger partial charge < -0.3 is 19.7 Å². The minimum Gasteiger partial charge on any atom is -0.508 e. The second kappa shape index (κ2) is 10.7. The zero-order valence-corrected chi connectivity index (χ0v) is 28.7. The molecule has 4 heteroatoms. The first-order valence-electron chi connectivity index (χ1n) is 17.3. The highest BCUT2D eigenvalue weighted by Gasteiger charge is 2.73. The molecule has 1 aromatic carbocycles. The van der Waals surface area contributed by atoms with Crippen LogP contribution in [-0.4, -0.2) is 34.6 Å². The van der Waals surface area contributed by atoms with E-state index in [4.69, 9.17) is 9.47 Å². The van der Waals surface area contributed by atoms with E-state index in [0.717, 1.165) is 61.9 Å². The van der Waals surface area contributed by atoms with Crippen LogP contribution in [0.25, 0.3) is 0 Å². The van der Waals surface area contributed by atoms with Crippen LogP contribution in [-0.2, 0) is 20.3 Å². The van der Waals surface area contributed by atoms with Crippen molar-refractivity contribution in [2.45, 2.75) is 155 Å². The van der Waals surface area contributed by atoms with Gasteiger partial charge in [0, 0.05) is 24.3 Å². The number of rotatable bonds is 12. The van der Waals surface area contributed by atoms with Crippen LogP contribution in [0.1, 0.15) is 145 Å². The molecular formula is C38H62O4. The first-order chi connectivity index (χ1) is 19.4. The van der Waals surface area contributed by atoms with E-state index in [0.29, 0.717) is 23.3 Å². The van der Waals surface area contributed by atoms with Crippen molar-refractivity contribution in [2.24, 2.45) is 34.5 Å². The van der Waals surface area contributed by atoms with Gasteiger partial charge in [-0.3, -0.25) is 0 Å². The molecule has 0 heterocycles. The lowest BCUT2D eigenvalue weighted by Gasteiger charge is -2.32. The van der Waals surface area contributed by atoms with Crippen molar-refractivity contribution in [2.75, 3.05) is 13.2 Å². The van der Waals surface area contributed by atoms with Crippen LogP contribution >= 0.6 is 0 Å². The minimum atomic E-state index is -0.262. The average Bonchev–Trinajstić information content (AvgIpc) is 3.59. The number of aromatic hydroxyl groups is 2. The zero-order valence-electron chi connectivity index (χ0n) is 28.7. The smallest absolute Gasteiger partial charge is 0.119 e. The Balaban J connectivity index is 1.15. The number of hydrogen-bond donors (Lipinski definition) is 2. The number of phenolic OH excluding ortho intramolecular Hbond substituents is 2. The van der Waals surface area contributed by atoms with E-state index in [-0.39, 0.29) is 32.9 Å². The minimum absolute atomic E-state index is 0.0680. The predicted molar refractivity (Wildman–Crippen MR) is 172 cm³/mol. The van der Waals surface area contributed by atoms with Gasteiger partial charge in [0.2, 0.25) is 0 Å². The second-order valence-corrected chi connectivity index (χ2v) is 17.7. The van der Waals surface area contributed by atoms with Gasteiger partial charge >= 0.3 is 0 Å². The van der Waals surface area contributed by atoms with Crippen molar-refractivity contribution >= 4 is 0 Å². The molecular weight excluding hydrogens is 520 g/mol. The molecule has 4 fully saturated rings. The molecule has 0 amide bonds. The third-order valence-corrected chi connectivity index (χ3v) is 13.3. The lowest BCUT2D eigenvalue weighted by molar-refractivity contribution is -0.0280. The van der Waals surface area contributed by atoms with Gasteiger partial charge in [-0.15, -0.1) is 0 Å². The van der Waals surface area contributed by atoms with Crippen LogP contribution in [0.2, 0.25) is 0 Å². The third-order valence-electron chi connectivity index (χ3n) is 13.3. The Labute approximate surface area is 257 Å². The van der Waals surface area contributed by atoms with Gasteiger partial charge in [0.25, 0.3) is 0 Å². The van der Waals surface area contributed by atoms with Gasteiger partial charge in [-0.1, -0.05) is 82.1 Å². The van der Waals surface area contributed by atoms with Crippen LogP contribution in [0.3, 0.4) is 0 Å². The maximum absolute atomic E-state index is 11.2. The van der Waals surface area contributed by atoms with Gasteiger partial charge in [0.15, 0.2) is 0 Å². The largest absolute Gasteiger partial charge is 0.508 e. The van der Waals surface area contributed by atoms with Crippen LogP contribution in [0.4, 0.5) is 0 Å². The molecule has 1 aromatic rings. The number of ether oxygens (including phenoxy) is 2. The molecule has 42 heavy (non-hydrogen) atoms. The summed E-state index contributed by atoms with van der Waals surface area (Å²) in [5, 5.41) is 22.4. The highest BCUT2D eigenvalue weighted by atomic mass is 16.5. The Morgan fingerprint density at radius 1 is 0.667 bits per heavy atom. The summed E-state index contributed by atoms with van der Waals surface area (Å²) in [4.78, 5) is 0. The molecule has 238 valence electrons. The Kier molecular flexibility index (Phi) is 8.17. The summed E-state index contributed by atoms with van der Waals surface area (Å²) in [6, 6.07) is 3.65. The maximum Gasteiger partial charge on any atom is 0.119 e. The van der Waals surface area contributed by atoms with Crippen molar-refractivity contribution in [3.8, 4) is 11.5 Å². The standard InChI is InChI=1S/C38H62O4/c1-25-13-15-31-35(7,8)37(31,23-25)41-19-11-17-33(3,4)27-21-30(40)28(22-29(27)39)34(5,6)18-12-20-42-38-24-26(2)14-16-32(38)36(38,9)10/h21-22,25-26,31-32,39-40H,11-20,23-24H2,1-10H3. The van der Waals surface area contributed by atoms with Crippen LogP contribution < -0.4 is 0 Å². The first-order valence-corrected chi connectivity index (χ1v) is 17.3. The fraction of sp³-hybridized carbons (Fsp3) is 0.842. The molecule has 0 saturated heterocycles. The number of fused-ring (bicyclic) bond motifs is 2. The Morgan fingerprint density at radius 2 is 1.02 bits per heavy atom. The van der Waals surface area contributed by atoms with Crippen molar-refractivity contribution in [1.29, 1.82) is 0 Å². The van der Waals surface area contributed by atoms with E-state index in [2.05, 4.69) is 69.2 Å². The van der Waals surface area contributed by atoms with Crippen molar-refractivity contribution < 1.29 is 19.7 Å². The van der Waals surface area contributed by atoms with Gasteiger partial charge in [-0.2, -0.15) is 0 Å². The summed E-state index contributed by atoms with van der Waals surface area (Å²) in [5.74, 6) is 3.47. The summed E-state index contributed by atoms with van der Waals surface area (Å²) in [6.45, 7) is 24.5. The Morgan fingerprint density at radius 3 is 1.38 bits per heavy atom. The fourth-order valence-electron chi connectivity index (χ4n) is 10.1. The molecule has 0 aromatic heterocycles. The molecule has 0 radical (unpaired) electrons. The molecule has 0 spiro atoms. The van der Waals surface area contributed by atoms with Crippen LogP contribution in [0.15, 0.2) is 12.1 Å². The lowest BCUT2D eigenvalue weighted by Crippen LogP contribution is -2.29. The van der Waals surface area contributed by atoms with E-state index in [9.17, 15) is 10.2 Å². The molecule has 0 bridgehead atoms. The SMILES string of the molecule is CC1CCC2C(C)(C)C2(OCCCC(C)(C)c2cc(O)c(C(C)(C)CCCOC34CC(C)CCC3C4(C)C)cc2O)C1. The van der Waals surface area contributed by atoms with Gasteiger partial charge in [-0.25, -0.2) is 0 Å². The predicted octanol–water partition coefficient (Wildman–Crippen LogP) is 9.68.